The van der Waals surface area contributed by atoms with E-state index < -0.39 is 0 Å². The number of ether oxygens (including phenoxy) is 2. The number of nitrogens with zero attached hydrogens (tertiary/aromatic N) is 4. The maximum Gasteiger partial charge on any atom is 0.171 e. The molecule has 1 aromatic heterocycles. The standard InChI is InChI=1S/C21H29N5O2/c1-25(2)13-10-22-18-16-19(24-20(23-18)17-6-4-3-5-7-17)26-11-8-21(9-12-26)27-14-15-28-21/h3-7,16H,8-15H2,1-2H3,(H,22,23,24). The monoisotopic (exact) mass is 383 g/mol. The zero-order valence-electron chi connectivity index (χ0n) is 16.7. The van der Waals surface area contributed by atoms with Gasteiger partial charge in [-0.1, -0.05) is 30.3 Å². The minimum absolute atomic E-state index is 0.376. The fraction of sp³-hybridized carbons (Fsp3) is 0.524. The Hall–Kier alpha value is -2.22. The summed E-state index contributed by atoms with van der Waals surface area (Å²) in [5, 5.41) is 3.45. The largest absolute Gasteiger partial charge is 0.369 e. The first kappa shape index (κ1) is 19.1. The average Bonchev–Trinajstić information content (AvgIpc) is 3.17. The topological polar surface area (TPSA) is 62.8 Å². The molecular formula is C21H29N5O2. The summed E-state index contributed by atoms with van der Waals surface area (Å²) in [5.74, 6) is 2.19. The molecule has 0 unspecified atom stereocenters. The lowest BCUT2D eigenvalue weighted by molar-refractivity contribution is -0.169. The summed E-state index contributed by atoms with van der Waals surface area (Å²) in [6, 6.07) is 12.2. The predicted octanol–water partition coefficient (Wildman–Crippen LogP) is 2.46. The lowest BCUT2D eigenvalue weighted by atomic mass is 10.0. The summed E-state index contributed by atoms with van der Waals surface area (Å²) < 4.78 is 11.7. The fourth-order valence-electron chi connectivity index (χ4n) is 3.67. The Morgan fingerprint density at radius 1 is 1.07 bits per heavy atom. The van der Waals surface area contributed by atoms with E-state index >= 15 is 0 Å². The maximum absolute atomic E-state index is 5.86. The molecule has 2 aromatic rings. The van der Waals surface area contributed by atoms with Crippen molar-refractivity contribution in [2.45, 2.75) is 18.6 Å². The Bertz CT molecular complexity index is 768. The summed E-state index contributed by atoms with van der Waals surface area (Å²) in [4.78, 5) is 14.1. The number of hydrogen-bond acceptors (Lipinski definition) is 7. The van der Waals surface area contributed by atoms with Gasteiger partial charge >= 0.3 is 0 Å². The number of benzene rings is 1. The van der Waals surface area contributed by atoms with Crippen molar-refractivity contribution in [3.05, 3.63) is 36.4 Å². The molecule has 7 heteroatoms. The zero-order chi connectivity index (χ0) is 19.4. The second kappa shape index (κ2) is 8.43. The highest BCUT2D eigenvalue weighted by molar-refractivity contribution is 5.61. The molecule has 0 amide bonds. The number of likely N-dealkylation sites (N-methyl/N-ethyl adjacent to an activating group) is 1. The SMILES string of the molecule is CN(C)CCNc1cc(N2CCC3(CC2)OCCO3)nc(-c2ccccc2)n1. The Morgan fingerprint density at radius 2 is 1.79 bits per heavy atom. The van der Waals surface area contributed by atoms with Crippen LogP contribution in [0.3, 0.4) is 0 Å². The van der Waals surface area contributed by atoms with Gasteiger partial charge in [0.2, 0.25) is 0 Å². The molecule has 150 valence electrons. The van der Waals surface area contributed by atoms with Crippen LogP contribution in [-0.2, 0) is 9.47 Å². The highest BCUT2D eigenvalue weighted by atomic mass is 16.7. The van der Waals surface area contributed by atoms with Gasteiger partial charge in [0.1, 0.15) is 11.6 Å². The van der Waals surface area contributed by atoms with Gasteiger partial charge in [0.15, 0.2) is 11.6 Å². The van der Waals surface area contributed by atoms with Gasteiger partial charge in [0, 0.05) is 50.7 Å². The van der Waals surface area contributed by atoms with E-state index in [9.17, 15) is 0 Å². The molecule has 2 saturated heterocycles. The van der Waals surface area contributed by atoms with Gasteiger partial charge in [-0.2, -0.15) is 0 Å². The normalized spacial score (nSPS) is 18.8. The minimum Gasteiger partial charge on any atom is -0.369 e. The van der Waals surface area contributed by atoms with E-state index in [4.69, 9.17) is 19.4 Å². The lowest BCUT2D eigenvalue weighted by Crippen LogP contribution is -2.45. The van der Waals surface area contributed by atoms with Crippen LogP contribution in [0.5, 0.6) is 0 Å². The van der Waals surface area contributed by atoms with E-state index in [2.05, 4.69) is 35.3 Å². The van der Waals surface area contributed by atoms with Crippen LogP contribution in [0.25, 0.3) is 11.4 Å². The van der Waals surface area contributed by atoms with Crippen molar-refractivity contribution in [3.63, 3.8) is 0 Å². The van der Waals surface area contributed by atoms with Crippen LogP contribution in [0.15, 0.2) is 36.4 Å². The average molecular weight is 383 g/mol. The van der Waals surface area contributed by atoms with E-state index in [-0.39, 0.29) is 5.79 Å². The van der Waals surface area contributed by atoms with Crippen molar-refractivity contribution in [2.75, 3.05) is 63.7 Å². The highest BCUT2D eigenvalue weighted by Gasteiger charge is 2.40. The smallest absolute Gasteiger partial charge is 0.171 e. The van der Waals surface area contributed by atoms with Gasteiger partial charge < -0.3 is 24.6 Å². The van der Waals surface area contributed by atoms with Crippen molar-refractivity contribution in [1.82, 2.24) is 14.9 Å². The second-order valence-corrected chi connectivity index (χ2v) is 7.63. The van der Waals surface area contributed by atoms with Crippen LogP contribution in [0, 0.1) is 0 Å². The predicted molar refractivity (Wildman–Crippen MR) is 111 cm³/mol. The van der Waals surface area contributed by atoms with Crippen LogP contribution >= 0.6 is 0 Å². The Kier molecular flexibility index (Phi) is 5.75. The summed E-state index contributed by atoms with van der Waals surface area (Å²) >= 11 is 0. The number of piperidine rings is 1. The molecule has 28 heavy (non-hydrogen) atoms. The summed E-state index contributed by atoms with van der Waals surface area (Å²) in [6.07, 6.45) is 1.72. The molecule has 7 nitrogen and oxygen atoms in total. The number of hydrogen-bond donors (Lipinski definition) is 1. The number of aromatic nitrogens is 2. The summed E-state index contributed by atoms with van der Waals surface area (Å²) in [5.41, 5.74) is 1.02. The minimum atomic E-state index is -0.376. The molecule has 1 aromatic carbocycles. The molecule has 3 heterocycles. The van der Waals surface area contributed by atoms with Crippen LogP contribution in [-0.4, -0.2) is 74.1 Å². The van der Waals surface area contributed by atoms with Crippen LogP contribution in [0.1, 0.15) is 12.8 Å². The highest BCUT2D eigenvalue weighted by Crippen LogP contribution is 2.33. The zero-order valence-corrected chi connectivity index (χ0v) is 16.7. The third-order valence-corrected chi connectivity index (χ3v) is 5.27. The van der Waals surface area contributed by atoms with E-state index in [0.29, 0.717) is 13.2 Å². The fourth-order valence-corrected chi connectivity index (χ4v) is 3.67. The van der Waals surface area contributed by atoms with Crippen LogP contribution in [0.2, 0.25) is 0 Å². The summed E-state index contributed by atoms with van der Waals surface area (Å²) in [7, 11) is 4.14. The molecule has 1 N–H and O–H groups in total. The van der Waals surface area contributed by atoms with Crippen LogP contribution < -0.4 is 10.2 Å². The van der Waals surface area contributed by atoms with Gasteiger partial charge in [0.05, 0.1) is 13.2 Å². The van der Waals surface area contributed by atoms with Crippen molar-refractivity contribution in [2.24, 2.45) is 0 Å². The Labute approximate surface area is 166 Å². The summed E-state index contributed by atoms with van der Waals surface area (Å²) in [6.45, 7) is 4.91. The van der Waals surface area contributed by atoms with E-state index in [1.165, 1.54) is 0 Å². The lowest BCUT2D eigenvalue weighted by Gasteiger charge is -2.38. The number of nitrogens with one attached hydrogen (secondary N) is 1. The van der Waals surface area contributed by atoms with Crippen molar-refractivity contribution < 1.29 is 9.47 Å². The van der Waals surface area contributed by atoms with Crippen LogP contribution in [0.4, 0.5) is 11.6 Å². The Morgan fingerprint density at radius 3 is 2.46 bits per heavy atom. The van der Waals surface area contributed by atoms with E-state index in [1.54, 1.807) is 0 Å². The van der Waals surface area contributed by atoms with Gasteiger partial charge in [-0.3, -0.25) is 0 Å². The number of rotatable bonds is 6. The first-order chi connectivity index (χ1) is 13.6. The van der Waals surface area contributed by atoms with E-state index in [1.807, 2.05) is 30.3 Å². The molecule has 1 spiro atoms. The molecule has 2 fully saturated rings. The van der Waals surface area contributed by atoms with Crippen molar-refractivity contribution >= 4 is 11.6 Å². The third-order valence-electron chi connectivity index (χ3n) is 5.27. The molecular weight excluding hydrogens is 354 g/mol. The van der Waals surface area contributed by atoms with Crippen molar-refractivity contribution in [1.29, 1.82) is 0 Å². The maximum atomic E-state index is 5.86. The van der Waals surface area contributed by atoms with Gasteiger partial charge in [-0.25, -0.2) is 9.97 Å². The van der Waals surface area contributed by atoms with E-state index in [0.717, 1.165) is 62.0 Å². The van der Waals surface area contributed by atoms with Crippen molar-refractivity contribution in [3.8, 4) is 11.4 Å². The van der Waals surface area contributed by atoms with Gasteiger partial charge in [-0.05, 0) is 14.1 Å². The first-order valence-electron chi connectivity index (χ1n) is 10.00. The molecule has 4 rings (SSSR count). The molecule has 0 atom stereocenters. The quantitative estimate of drug-likeness (QED) is 0.822. The molecule has 0 aliphatic carbocycles. The molecule has 0 radical (unpaired) electrons. The molecule has 0 bridgehead atoms. The third kappa shape index (κ3) is 4.43. The molecule has 0 saturated carbocycles. The Balaban J connectivity index is 1.55. The molecule has 2 aliphatic heterocycles. The molecule has 2 aliphatic rings. The van der Waals surface area contributed by atoms with Gasteiger partial charge in [0.25, 0.3) is 0 Å². The van der Waals surface area contributed by atoms with Gasteiger partial charge in [-0.15, -0.1) is 0 Å². The first-order valence-corrected chi connectivity index (χ1v) is 10.00. The number of anilines is 2. The second-order valence-electron chi connectivity index (χ2n) is 7.63.